The summed E-state index contributed by atoms with van der Waals surface area (Å²) in [5, 5.41) is 10.7. The van der Waals surface area contributed by atoms with Crippen LogP contribution < -0.4 is 15.4 Å². The number of nitrogens with one attached hydrogen (secondary N) is 2. The fourth-order valence-corrected chi connectivity index (χ4v) is 2.91. The molecule has 2 N–H and O–H groups in total. The first-order chi connectivity index (χ1) is 14.5. The van der Waals surface area contributed by atoms with Gasteiger partial charge in [0.05, 0.1) is 12.2 Å². The van der Waals surface area contributed by atoms with Gasteiger partial charge in [0.1, 0.15) is 5.75 Å². The summed E-state index contributed by atoms with van der Waals surface area (Å²) in [7, 11) is 5.13. The molecule has 2 aromatic rings. The number of carbonyl (C=O) groups excluding carboxylic acids is 1. The molecule has 0 saturated heterocycles. The molecule has 0 saturated carbocycles. The first-order valence-electron chi connectivity index (χ1n) is 10.3. The van der Waals surface area contributed by atoms with Gasteiger partial charge in [0.25, 0.3) is 5.91 Å². The fourth-order valence-electron chi connectivity index (χ4n) is 2.91. The second kappa shape index (κ2) is 11.8. The van der Waals surface area contributed by atoms with Crippen molar-refractivity contribution in [3.05, 3.63) is 47.3 Å². The molecule has 1 aromatic heterocycles. The Bertz CT molecular complexity index is 828. The maximum atomic E-state index is 11.7. The highest BCUT2D eigenvalue weighted by atomic mass is 16.5. The monoisotopic (exact) mass is 415 g/mol. The molecule has 1 heterocycles. The molecule has 2 rings (SSSR count). The molecule has 0 radical (unpaired) electrons. The minimum Gasteiger partial charge on any atom is -0.484 e. The van der Waals surface area contributed by atoms with Gasteiger partial charge in [-0.25, -0.2) is 0 Å². The van der Waals surface area contributed by atoms with E-state index in [1.165, 1.54) is 4.90 Å². The Labute approximate surface area is 178 Å². The van der Waals surface area contributed by atoms with E-state index in [4.69, 9.17) is 9.26 Å². The van der Waals surface area contributed by atoms with Gasteiger partial charge in [-0.15, -0.1) is 0 Å². The Balaban J connectivity index is 1.84. The molecule has 0 atom stereocenters. The van der Waals surface area contributed by atoms with E-state index in [-0.39, 0.29) is 12.5 Å². The number of carbonyl (C=O) groups is 1. The maximum absolute atomic E-state index is 11.7. The molecule has 0 aliphatic carbocycles. The predicted molar refractivity (Wildman–Crippen MR) is 117 cm³/mol. The van der Waals surface area contributed by atoms with Crippen LogP contribution in [0.4, 0.5) is 0 Å². The van der Waals surface area contributed by atoms with E-state index < -0.39 is 0 Å². The molecule has 1 aromatic carbocycles. The summed E-state index contributed by atoms with van der Waals surface area (Å²) in [5.74, 6) is 2.44. The van der Waals surface area contributed by atoms with Gasteiger partial charge in [-0.3, -0.25) is 9.79 Å². The van der Waals surface area contributed by atoms with Crippen molar-refractivity contribution < 1.29 is 14.1 Å². The first-order valence-corrected chi connectivity index (χ1v) is 10.3. The molecular weight excluding hydrogens is 382 g/mol. The number of guanidine groups is 1. The third kappa shape index (κ3) is 7.09. The Morgan fingerprint density at radius 2 is 1.93 bits per heavy atom. The van der Waals surface area contributed by atoms with Crippen molar-refractivity contribution in [3.63, 3.8) is 0 Å². The second-order valence-corrected chi connectivity index (χ2v) is 7.24. The van der Waals surface area contributed by atoms with Gasteiger partial charge in [-0.05, 0) is 30.5 Å². The summed E-state index contributed by atoms with van der Waals surface area (Å²) in [5.41, 5.74) is 2.02. The fraction of sp³-hybridized carbons (Fsp3) is 0.500. The van der Waals surface area contributed by atoms with Crippen molar-refractivity contribution >= 4 is 11.9 Å². The smallest absolute Gasteiger partial charge is 0.259 e. The highest BCUT2D eigenvalue weighted by Crippen LogP contribution is 2.22. The lowest BCUT2D eigenvalue weighted by molar-refractivity contribution is -0.130. The first kappa shape index (κ1) is 23.3. The van der Waals surface area contributed by atoms with Gasteiger partial charge >= 0.3 is 0 Å². The highest BCUT2D eigenvalue weighted by Gasteiger charge is 2.13. The second-order valence-electron chi connectivity index (χ2n) is 7.24. The lowest BCUT2D eigenvalue weighted by atomic mass is 9.99. The van der Waals surface area contributed by atoms with E-state index in [0.29, 0.717) is 30.7 Å². The van der Waals surface area contributed by atoms with Crippen LogP contribution in [0.15, 0.2) is 39.8 Å². The van der Waals surface area contributed by atoms with E-state index in [0.717, 1.165) is 29.9 Å². The van der Waals surface area contributed by atoms with Gasteiger partial charge in [0.2, 0.25) is 0 Å². The minimum absolute atomic E-state index is 0.0171. The van der Waals surface area contributed by atoms with Gasteiger partial charge in [0, 0.05) is 39.7 Å². The number of rotatable bonds is 10. The van der Waals surface area contributed by atoms with Crippen molar-refractivity contribution in [3.8, 4) is 5.75 Å². The third-order valence-electron chi connectivity index (χ3n) is 4.85. The van der Waals surface area contributed by atoms with Gasteiger partial charge in [-0.1, -0.05) is 31.1 Å². The number of hydrogen-bond donors (Lipinski definition) is 2. The molecule has 8 heteroatoms. The number of ether oxygens (including phenoxy) is 1. The molecule has 0 unspecified atom stereocenters. The molecule has 0 bridgehead atoms. The molecule has 0 aliphatic heterocycles. The number of nitrogens with zero attached hydrogens (tertiary/aromatic N) is 3. The van der Waals surface area contributed by atoms with Gasteiger partial charge < -0.3 is 24.8 Å². The van der Waals surface area contributed by atoms with Crippen LogP contribution >= 0.6 is 0 Å². The average Bonchev–Trinajstić information content (AvgIpc) is 3.22. The third-order valence-corrected chi connectivity index (χ3v) is 4.85. The Hall–Kier alpha value is -3.03. The van der Waals surface area contributed by atoms with Crippen molar-refractivity contribution in [2.24, 2.45) is 4.99 Å². The number of benzene rings is 1. The number of likely N-dealkylation sites (N-methyl/N-ethyl adjacent to an activating group) is 1. The van der Waals surface area contributed by atoms with Gasteiger partial charge in [0.15, 0.2) is 18.3 Å². The SMILES string of the molecule is CCC(CC)c1cc(CNC(=NC)NCc2cccc(OCC(=O)N(C)C)c2)on1. The molecule has 0 fully saturated rings. The zero-order valence-corrected chi connectivity index (χ0v) is 18.6. The lowest BCUT2D eigenvalue weighted by Crippen LogP contribution is -2.36. The average molecular weight is 416 g/mol. The van der Waals surface area contributed by atoms with Crippen LogP contribution in [0.2, 0.25) is 0 Å². The van der Waals surface area contributed by atoms with E-state index in [2.05, 4.69) is 34.6 Å². The largest absolute Gasteiger partial charge is 0.484 e. The van der Waals surface area contributed by atoms with Crippen LogP contribution in [0.5, 0.6) is 5.75 Å². The Kier molecular flexibility index (Phi) is 9.18. The molecule has 8 nitrogen and oxygen atoms in total. The summed E-state index contributed by atoms with van der Waals surface area (Å²) < 4.78 is 11.0. The highest BCUT2D eigenvalue weighted by molar-refractivity contribution is 5.79. The predicted octanol–water partition coefficient (Wildman–Crippen LogP) is 2.91. The van der Waals surface area contributed by atoms with E-state index in [1.54, 1.807) is 21.1 Å². The standard InChI is InChI=1S/C22H33N5O3/c1-6-17(7-2)20-12-19(30-26-20)14-25-22(23-3)24-13-16-9-8-10-18(11-16)29-15-21(28)27(4)5/h8-12,17H,6-7,13-15H2,1-5H3,(H2,23,24,25). The maximum Gasteiger partial charge on any atom is 0.259 e. The van der Waals surface area contributed by atoms with Crippen molar-refractivity contribution in [1.82, 2.24) is 20.7 Å². The number of aromatic nitrogens is 1. The lowest BCUT2D eigenvalue weighted by Gasteiger charge is -2.13. The van der Waals surface area contributed by atoms with Crippen LogP contribution in [0.3, 0.4) is 0 Å². The molecule has 1 amide bonds. The summed E-state index contributed by atoms with van der Waals surface area (Å²) in [4.78, 5) is 17.4. The molecule has 0 aliphatic rings. The van der Waals surface area contributed by atoms with Crippen LogP contribution in [0.25, 0.3) is 0 Å². The molecular formula is C22H33N5O3. The zero-order valence-electron chi connectivity index (χ0n) is 18.6. The summed E-state index contributed by atoms with van der Waals surface area (Å²) in [6.45, 7) is 5.40. The van der Waals surface area contributed by atoms with E-state index >= 15 is 0 Å². The number of hydrogen-bond acceptors (Lipinski definition) is 5. The van der Waals surface area contributed by atoms with E-state index in [1.807, 2.05) is 30.3 Å². The van der Waals surface area contributed by atoms with Crippen molar-refractivity contribution in [2.75, 3.05) is 27.7 Å². The van der Waals surface area contributed by atoms with E-state index in [9.17, 15) is 4.79 Å². The van der Waals surface area contributed by atoms with Crippen molar-refractivity contribution in [1.29, 1.82) is 0 Å². The van der Waals surface area contributed by atoms with Crippen LogP contribution in [0, 0.1) is 0 Å². The molecule has 30 heavy (non-hydrogen) atoms. The van der Waals surface area contributed by atoms with Crippen LogP contribution in [-0.4, -0.2) is 49.7 Å². The van der Waals surface area contributed by atoms with Crippen LogP contribution in [-0.2, 0) is 17.9 Å². The quantitative estimate of drug-likeness (QED) is 0.458. The minimum atomic E-state index is -0.0806. The van der Waals surface area contributed by atoms with Crippen LogP contribution in [0.1, 0.15) is 49.6 Å². The topological polar surface area (TPSA) is 92.0 Å². The van der Waals surface area contributed by atoms with Gasteiger partial charge in [-0.2, -0.15) is 0 Å². The number of aliphatic imine (C=N–C) groups is 1. The zero-order chi connectivity index (χ0) is 21.9. The molecule has 0 spiro atoms. The Morgan fingerprint density at radius 3 is 2.60 bits per heavy atom. The molecule has 164 valence electrons. The Morgan fingerprint density at radius 1 is 1.20 bits per heavy atom. The van der Waals surface area contributed by atoms with Crippen molar-refractivity contribution in [2.45, 2.75) is 45.7 Å². The summed E-state index contributed by atoms with van der Waals surface area (Å²) in [6.07, 6.45) is 2.09. The summed E-state index contributed by atoms with van der Waals surface area (Å²) in [6, 6.07) is 9.63. The number of amides is 1. The summed E-state index contributed by atoms with van der Waals surface area (Å²) >= 11 is 0. The normalized spacial score (nSPS) is 11.5.